The highest BCUT2D eigenvalue weighted by Crippen LogP contribution is 2.30. The predicted octanol–water partition coefficient (Wildman–Crippen LogP) is 0.843. The van der Waals surface area contributed by atoms with Crippen LogP contribution in [0.25, 0.3) is 0 Å². The standard InChI is InChI=1S/C7H8O3/c8-3-5-1-2-6(10-5)7-4-9-7/h1-2,7-8H,3-4H2. The first-order chi connectivity index (χ1) is 4.90. The average molecular weight is 140 g/mol. The first-order valence-electron chi connectivity index (χ1n) is 3.21. The summed E-state index contributed by atoms with van der Waals surface area (Å²) in [6.45, 7) is 0.713. The van der Waals surface area contributed by atoms with Gasteiger partial charge in [0.05, 0.1) is 6.61 Å². The van der Waals surface area contributed by atoms with Gasteiger partial charge in [-0.25, -0.2) is 0 Å². The van der Waals surface area contributed by atoms with Gasteiger partial charge in [0.2, 0.25) is 0 Å². The minimum absolute atomic E-state index is 0.0350. The third-order valence-corrected chi connectivity index (χ3v) is 1.49. The second-order valence-electron chi connectivity index (χ2n) is 2.28. The Bertz CT molecular complexity index is 225. The molecule has 1 N–H and O–H groups in total. The monoisotopic (exact) mass is 140 g/mol. The fourth-order valence-electron chi connectivity index (χ4n) is 0.865. The largest absolute Gasteiger partial charge is 0.461 e. The van der Waals surface area contributed by atoms with Gasteiger partial charge in [-0.2, -0.15) is 0 Å². The lowest BCUT2D eigenvalue weighted by molar-refractivity contribution is 0.239. The van der Waals surface area contributed by atoms with Crippen LogP contribution in [0.1, 0.15) is 17.6 Å². The molecule has 1 aromatic rings. The molecule has 1 saturated heterocycles. The molecule has 0 radical (unpaired) electrons. The molecule has 1 aliphatic heterocycles. The zero-order chi connectivity index (χ0) is 6.97. The molecule has 54 valence electrons. The van der Waals surface area contributed by atoms with Gasteiger partial charge >= 0.3 is 0 Å². The first kappa shape index (κ1) is 5.95. The number of rotatable bonds is 2. The molecule has 0 aliphatic carbocycles. The Labute approximate surface area is 58.2 Å². The lowest BCUT2D eigenvalue weighted by Gasteiger charge is -1.86. The van der Waals surface area contributed by atoms with E-state index in [2.05, 4.69) is 0 Å². The molecule has 3 heteroatoms. The van der Waals surface area contributed by atoms with Crippen molar-refractivity contribution in [3.8, 4) is 0 Å². The number of hydrogen-bond acceptors (Lipinski definition) is 3. The van der Waals surface area contributed by atoms with Crippen LogP contribution in [0.2, 0.25) is 0 Å². The summed E-state index contributed by atoms with van der Waals surface area (Å²) in [5.74, 6) is 1.43. The van der Waals surface area contributed by atoms with Gasteiger partial charge in [-0.15, -0.1) is 0 Å². The number of ether oxygens (including phenoxy) is 1. The highest BCUT2D eigenvalue weighted by Gasteiger charge is 2.27. The minimum atomic E-state index is -0.0350. The van der Waals surface area contributed by atoms with Crippen molar-refractivity contribution in [3.05, 3.63) is 23.7 Å². The molecule has 0 amide bonds. The topological polar surface area (TPSA) is 45.9 Å². The van der Waals surface area contributed by atoms with E-state index in [4.69, 9.17) is 14.3 Å². The van der Waals surface area contributed by atoms with Crippen molar-refractivity contribution < 1.29 is 14.3 Å². The molecule has 2 rings (SSSR count). The molecule has 0 bridgehead atoms. The Hall–Kier alpha value is -0.800. The van der Waals surface area contributed by atoms with Gasteiger partial charge < -0.3 is 14.3 Å². The smallest absolute Gasteiger partial charge is 0.138 e. The number of furan rings is 1. The Morgan fingerprint density at radius 1 is 1.60 bits per heavy atom. The summed E-state index contributed by atoms with van der Waals surface area (Å²) in [7, 11) is 0. The molecule has 1 unspecified atom stereocenters. The van der Waals surface area contributed by atoms with Gasteiger partial charge in [0.15, 0.2) is 0 Å². The van der Waals surface area contributed by atoms with Crippen LogP contribution in [-0.2, 0) is 11.3 Å². The lowest BCUT2D eigenvalue weighted by atomic mass is 10.3. The third kappa shape index (κ3) is 0.936. The molecule has 10 heavy (non-hydrogen) atoms. The molecule has 3 nitrogen and oxygen atoms in total. The van der Waals surface area contributed by atoms with E-state index in [1.165, 1.54) is 0 Å². The maximum Gasteiger partial charge on any atom is 0.138 e. The molecular weight excluding hydrogens is 132 g/mol. The third-order valence-electron chi connectivity index (χ3n) is 1.49. The average Bonchev–Trinajstić information content (AvgIpc) is 2.70. The fraction of sp³-hybridized carbons (Fsp3) is 0.429. The molecule has 1 aliphatic rings. The van der Waals surface area contributed by atoms with Crippen molar-refractivity contribution in [2.24, 2.45) is 0 Å². The van der Waals surface area contributed by atoms with Crippen LogP contribution in [0, 0.1) is 0 Å². The van der Waals surface area contributed by atoms with E-state index in [1.807, 2.05) is 6.07 Å². The second kappa shape index (κ2) is 2.11. The summed E-state index contributed by atoms with van der Waals surface area (Å²) in [4.78, 5) is 0. The summed E-state index contributed by atoms with van der Waals surface area (Å²) >= 11 is 0. The van der Waals surface area contributed by atoms with E-state index in [-0.39, 0.29) is 12.7 Å². The number of aliphatic hydroxyl groups is 1. The Morgan fingerprint density at radius 2 is 2.40 bits per heavy atom. The lowest BCUT2D eigenvalue weighted by Crippen LogP contribution is -1.75. The summed E-state index contributed by atoms with van der Waals surface area (Å²) in [6, 6.07) is 3.60. The maximum atomic E-state index is 8.62. The van der Waals surface area contributed by atoms with E-state index < -0.39 is 0 Å². The molecule has 0 spiro atoms. The summed E-state index contributed by atoms with van der Waals surface area (Å²) < 4.78 is 10.2. The minimum Gasteiger partial charge on any atom is -0.461 e. The SMILES string of the molecule is OCc1ccc(C2CO2)o1. The quantitative estimate of drug-likeness (QED) is 0.619. The Kier molecular flexibility index (Phi) is 1.25. The number of aliphatic hydroxyl groups excluding tert-OH is 1. The van der Waals surface area contributed by atoms with Gasteiger partial charge in [-0.3, -0.25) is 0 Å². The van der Waals surface area contributed by atoms with Crippen LogP contribution in [0.5, 0.6) is 0 Å². The first-order valence-corrected chi connectivity index (χ1v) is 3.21. The fourth-order valence-corrected chi connectivity index (χ4v) is 0.865. The molecule has 0 saturated carbocycles. The van der Waals surface area contributed by atoms with Crippen LogP contribution < -0.4 is 0 Å². The van der Waals surface area contributed by atoms with Gasteiger partial charge in [-0.05, 0) is 12.1 Å². The molecule has 2 heterocycles. The molecule has 1 aromatic heterocycles. The van der Waals surface area contributed by atoms with Crippen LogP contribution >= 0.6 is 0 Å². The normalized spacial score (nSPS) is 23.1. The van der Waals surface area contributed by atoms with Crippen molar-refractivity contribution in [1.82, 2.24) is 0 Å². The van der Waals surface area contributed by atoms with Gasteiger partial charge in [0.25, 0.3) is 0 Å². The van der Waals surface area contributed by atoms with Crippen LogP contribution in [-0.4, -0.2) is 11.7 Å². The molecular formula is C7H8O3. The summed E-state index contributed by atoms with van der Waals surface area (Å²) in [6.07, 6.45) is 0.153. The van der Waals surface area contributed by atoms with Crippen LogP contribution in [0.4, 0.5) is 0 Å². The highest BCUT2D eigenvalue weighted by atomic mass is 16.6. The van der Waals surface area contributed by atoms with Crippen molar-refractivity contribution in [1.29, 1.82) is 0 Å². The van der Waals surface area contributed by atoms with Crippen molar-refractivity contribution >= 4 is 0 Å². The zero-order valence-corrected chi connectivity index (χ0v) is 5.41. The van der Waals surface area contributed by atoms with Crippen LogP contribution in [0.15, 0.2) is 16.5 Å². The van der Waals surface area contributed by atoms with Crippen molar-refractivity contribution in [2.45, 2.75) is 12.7 Å². The predicted molar refractivity (Wildman–Crippen MR) is 33.3 cm³/mol. The molecule has 1 atom stereocenters. The summed E-state index contributed by atoms with van der Waals surface area (Å²) in [5.41, 5.74) is 0. The molecule has 1 fully saturated rings. The number of hydrogen-bond donors (Lipinski definition) is 1. The van der Waals surface area contributed by atoms with E-state index in [9.17, 15) is 0 Å². The van der Waals surface area contributed by atoms with E-state index in [0.29, 0.717) is 5.76 Å². The molecule has 0 aromatic carbocycles. The van der Waals surface area contributed by atoms with Crippen molar-refractivity contribution in [3.63, 3.8) is 0 Å². The highest BCUT2D eigenvalue weighted by molar-refractivity contribution is 5.11. The van der Waals surface area contributed by atoms with Gasteiger partial charge in [0.1, 0.15) is 24.2 Å². The Morgan fingerprint density at radius 3 is 2.90 bits per heavy atom. The van der Waals surface area contributed by atoms with Crippen LogP contribution in [0.3, 0.4) is 0 Å². The van der Waals surface area contributed by atoms with Gasteiger partial charge in [-0.1, -0.05) is 0 Å². The van der Waals surface area contributed by atoms with E-state index in [1.54, 1.807) is 6.07 Å². The van der Waals surface area contributed by atoms with Crippen molar-refractivity contribution in [2.75, 3.05) is 6.61 Å². The Balaban J connectivity index is 2.19. The summed E-state index contributed by atoms with van der Waals surface area (Å²) in [5, 5.41) is 8.62. The van der Waals surface area contributed by atoms with E-state index in [0.717, 1.165) is 12.4 Å². The number of epoxide rings is 1. The second-order valence-corrected chi connectivity index (χ2v) is 2.28. The maximum absolute atomic E-state index is 8.62. The zero-order valence-electron chi connectivity index (χ0n) is 5.41. The van der Waals surface area contributed by atoms with E-state index >= 15 is 0 Å². The van der Waals surface area contributed by atoms with Gasteiger partial charge in [0, 0.05) is 0 Å².